The fourth-order valence-corrected chi connectivity index (χ4v) is 0.895. The van der Waals surface area contributed by atoms with Crippen LogP contribution in [0.5, 0.6) is 0 Å². The van der Waals surface area contributed by atoms with Crippen LogP contribution in [0.1, 0.15) is 10.4 Å². The first kappa shape index (κ1) is 13.2. The standard InChI is InChI=1S/C10H7F3O4/c11-10(12,13)6-16-17-9(15)8(14)7-4-2-1-3-5-7/h1-5H,6H2. The van der Waals surface area contributed by atoms with Crippen LogP contribution in [0.25, 0.3) is 0 Å². The number of carbonyl (C=O) groups excluding carboxylic acids is 2. The van der Waals surface area contributed by atoms with Crippen LogP contribution < -0.4 is 0 Å². The molecule has 0 spiro atoms. The highest BCUT2D eigenvalue weighted by Gasteiger charge is 2.30. The van der Waals surface area contributed by atoms with E-state index >= 15 is 0 Å². The van der Waals surface area contributed by atoms with Crippen molar-refractivity contribution in [2.75, 3.05) is 6.61 Å². The average Bonchev–Trinajstić information content (AvgIpc) is 2.27. The van der Waals surface area contributed by atoms with Gasteiger partial charge in [0.2, 0.25) is 0 Å². The van der Waals surface area contributed by atoms with Crippen molar-refractivity contribution in [1.82, 2.24) is 0 Å². The molecule has 0 amide bonds. The molecule has 0 atom stereocenters. The highest BCUT2D eigenvalue weighted by molar-refractivity contribution is 6.40. The second kappa shape index (κ2) is 5.44. The van der Waals surface area contributed by atoms with Gasteiger partial charge in [0.1, 0.15) is 0 Å². The Balaban J connectivity index is 2.47. The number of hydrogen-bond acceptors (Lipinski definition) is 4. The molecule has 17 heavy (non-hydrogen) atoms. The van der Waals surface area contributed by atoms with Gasteiger partial charge < -0.3 is 0 Å². The van der Waals surface area contributed by atoms with Crippen molar-refractivity contribution in [3.05, 3.63) is 35.9 Å². The van der Waals surface area contributed by atoms with Crippen molar-refractivity contribution in [2.24, 2.45) is 0 Å². The predicted octanol–water partition coefficient (Wildman–Crippen LogP) is 1.91. The van der Waals surface area contributed by atoms with Gasteiger partial charge in [-0.3, -0.25) is 9.68 Å². The van der Waals surface area contributed by atoms with Crippen LogP contribution in [0.3, 0.4) is 0 Å². The van der Waals surface area contributed by atoms with E-state index < -0.39 is 24.5 Å². The number of ketones is 1. The summed E-state index contributed by atoms with van der Waals surface area (Å²) in [7, 11) is 0. The van der Waals surface area contributed by atoms with Crippen molar-refractivity contribution >= 4 is 11.8 Å². The third kappa shape index (κ3) is 4.64. The molecule has 0 N–H and O–H groups in total. The second-order valence-electron chi connectivity index (χ2n) is 2.94. The molecule has 0 bridgehead atoms. The quantitative estimate of drug-likeness (QED) is 0.353. The lowest BCUT2D eigenvalue weighted by Gasteiger charge is -2.05. The molecule has 0 saturated carbocycles. The van der Waals surface area contributed by atoms with Gasteiger partial charge in [0.05, 0.1) is 0 Å². The molecule has 0 aromatic heterocycles. The molecule has 92 valence electrons. The number of halogens is 3. The lowest BCUT2D eigenvalue weighted by Crippen LogP contribution is -2.22. The van der Waals surface area contributed by atoms with Crippen LogP contribution in [0.2, 0.25) is 0 Å². The first-order chi connectivity index (χ1) is 7.90. The number of Topliss-reactive ketones (excluding diaryl/α,β-unsaturated/α-hetero) is 1. The minimum atomic E-state index is -4.63. The summed E-state index contributed by atoms with van der Waals surface area (Å²) < 4.78 is 34.9. The van der Waals surface area contributed by atoms with Gasteiger partial charge in [0.15, 0.2) is 6.61 Å². The monoisotopic (exact) mass is 248 g/mol. The molecule has 1 rings (SSSR count). The van der Waals surface area contributed by atoms with E-state index in [2.05, 4.69) is 9.78 Å². The van der Waals surface area contributed by atoms with E-state index in [1.54, 1.807) is 6.07 Å². The Bertz CT molecular complexity index is 400. The molecule has 0 unspecified atom stereocenters. The van der Waals surface area contributed by atoms with E-state index in [1.165, 1.54) is 24.3 Å². The maximum Gasteiger partial charge on any atom is 0.415 e. The van der Waals surface area contributed by atoms with E-state index in [0.717, 1.165) is 0 Å². The van der Waals surface area contributed by atoms with Crippen molar-refractivity contribution < 1.29 is 32.5 Å². The van der Waals surface area contributed by atoms with Gasteiger partial charge >= 0.3 is 12.1 Å². The van der Waals surface area contributed by atoms with Crippen LogP contribution in [0.4, 0.5) is 13.2 Å². The van der Waals surface area contributed by atoms with Crippen LogP contribution in [-0.2, 0) is 14.6 Å². The number of benzene rings is 1. The van der Waals surface area contributed by atoms with Gasteiger partial charge in [-0.15, -0.1) is 0 Å². The van der Waals surface area contributed by atoms with Crippen LogP contribution >= 0.6 is 0 Å². The number of hydrogen-bond donors (Lipinski definition) is 0. The molecule has 0 heterocycles. The van der Waals surface area contributed by atoms with E-state index in [9.17, 15) is 22.8 Å². The minimum absolute atomic E-state index is 0.00751. The molecule has 0 aliphatic carbocycles. The Kier molecular flexibility index (Phi) is 4.22. The van der Waals surface area contributed by atoms with Gasteiger partial charge in [-0.1, -0.05) is 30.3 Å². The number of alkyl halides is 3. The molecule has 1 aromatic rings. The molecule has 0 aliphatic heterocycles. The fourth-order valence-electron chi connectivity index (χ4n) is 0.895. The third-order valence-electron chi connectivity index (χ3n) is 1.58. The first-order valence-electron chi connectivity index (χ1n) is 4.40. The van der Waals surface area contributed by atoms with Crippen molar-refractivity contribution in [1.29, 1.82) is 0 Å². The van der Waals surface area contributed by atoms with Crippen molar-refractivity contribution in [2.45, 2.75) is 6.18 Å². The van der Waals surface area contributed by atoms with E-state index in [0.29, 0.717) is 0 Å². The molecule has 0 saturated heterocycles. The Morgan fingerprint density at radius 3 is 2.24 bits per heavy atom. The highest BCUT2D eigenvalue weighted by atomic mass is 19.4. The molecular formula is C10H7F3O4. The molecule has 0 radical (unpaired) electrons. The summed E-state index contributed by atoms with van der Waals surface area (Å²) in [5.41, 5.74) is 0.00751. The Morgan fingerprint density at radius 1 is 1.12 bits per heavy atom. The first-order valence-corrected chi connectivity index (χ1v) is 4.40. The summed E-state index contributed by atoms with van der Waals surface area (Å²) in [6, 6.07) is 7.26. The average molecular weight is 248 g/mol. The SMILES string of the molecule is O=C(OOCC(F)(F)F)C(=O)c1ccccc1. The maximum atomic E-state index is 11.6. The highest BCUT2D eigenvalue weighted by Crippen LogP contribution is 2.14. The van der Waals surface area contributed by atoms with Gasteiger partial charge in [0.25, 0.3) is 5.78 Å². The largest absolute Gasteiger partial charge is 0.415 e. The van der Waals surface area contributed by atoms with Crippen LogP contribution in [0, 0.1) is 0 Å². The normalized spacial score (nSPS) is 11.0. The maximum absolute atomic E-state index is 11.6. The minimum Gasteiger partial charge on any atom is -0.289 e. The Morgan fingerprint density at radius 2 is 1.71 bits per heavy atom. The third-order valence-corrected chi connectivity index (χ3v) is 1.58. The summed E-state index contributed by atoms with van der Waals surface area (Å²) in [4.78, 5) is 29.6. The number of rotatable bonds is 4. The van der Waals surface area contributed by atoms with E-state index in [1.807, 2.05) is 0 Å². The summed E-state index contributed by atoms with van der Waals surface area (Å²) in [5.74, 6) is -2.58. The zero-order chi connectivity index (χ0) is 12.9. The molecule has 1 aromatic carbocycles. The number of carbonyl (C=O) groups is 2. The molecule has 0 aliphatic rings. The van der Waals surface area contributed by atoms with Gasteiger partial charge in [-0.05, 0) is 0 Å². The van der Waals surface area contributed by atoms with E-state index in [-0.39, 0.29) is 5.56 Å². The Labute approximate surface area is 93.9 Å². The summed E-state index contributed by atoms with van der Waals surface area (Å²) in [6.45, 7) is -1.76. The lowest BCUT2D eigenvalue weighted by molar-refractivity contribution is -0.313. The molecule has 7 heteroatoms. The lowest BCUT2D eigenvalue weighted by atomic mass is 10.1. The van der Waals surface area contributed by atoms with Crippen molar-refractivity contribution in [3.63, 3.8) is 0 Å². The van der Waals surface area contributed by atoms with Gasteiger partial charge in [0, 0.05) is 5.56 Å². The Hall–Kier alpha value is -1.89. The summed E-state index contributed by atoms with van der Waals surface area (Å²) >= 11 is 0. The second-order valence-corrected chi connectivity index (χ2v) is 2.94. The van der Waals surface area contributed by atoms with Gasteiger partial charge in [-0.2, -0.15) is 18.1 Å². The fraction of sp³-hybridized carbons (Fsp3) is 0.200. The van der Waals surface area contributed by atoms with Crippen molar-refractivity contribution in [3.8, 4) is 0 Å². The molecular weight excluding hydrogens is 241 g/mol. The molecule has 0 fully saturated rings. The smallest absolute Gasteiger partial charge is 0.289 e. The van der Waals surface area contributed by atoms with Gasteiger partial charge in [-0.25, -0.2) is 4.79 Å². The zero-order valence-corrected chi connectivity index (χ0v) is 8.36. The van der Waals surface area contributed by atoms with Crippen LogP contribution in [-0.4, -0.2) is 24.5 Å². The summed E-state index contributed by atoms with van der Waals surface area (Å²) in [5, 5.41) is 0. The van der Waals surface area contributed by atoms with E-state index in [4.69, 9.17) is 0 Å². The van der Waals surface area contributed by atoms with Crippen LogP contribution in [0.15, 0.2) is 30.3 Å². The topological polar surface area (TPSA) is 52.6 Å². The predicted molar refractivity (Wildman–Crippen MR) is 48.9 cm³/mol. The summed E-state index contributed by atoms with van der Waals surface area (Å²) in [6.07, 6.45) is -4.63. The zero-order valence-electron chi connectivity index (χ0n) is 8.36. The molecule has 4 nitrogen and oxygen atoms in total.